The van der Waals surface area contributed by atoms with Crippen LogP contribution >= 0.6 is 12.4 Å². The van der Waals surface area contributed by atoms with Crippen LogP contribution in [0.2, 0.25) is 0 Å². The highest BCUT2D eigenvalue weighted by molar-refractivity contribution is 5.92. The first-order valence-corrected chi connectivity index (χ1v) is 5.82. The molecule has 3 N–H and O–H groups in total. The van der Waals surface area contributed by atoms with Gasteiger partial charge in [-0.15, -0.1) is 12.4 Å². The fourth-order valence-electron chi connectivity index (χ4n) is 2.10. The number of aliphatic hydroxyl groups excluding tert-OH is 1. The number of aliphatic hydroxyl groups is 1. The van der Waals surface area contributed by atoms with E-state index < -0.39 is 0 Å². The van der Waals surface area contributed by atoms with Crippen molar-refractivity contribution in [2.75, 3.05) is 19.6 Å². The monoisotopic (exact) mass is 274 g/mol. The van der Waals surface area contributed by atoms with Crippen molar-refractivity contribution in [1.82, 2.24) is 10.6 Å². The second kappa shape index (κ2) is 6.22. The lowest BCUT2D eigenvalue weighted by Gasteiger charge is -2.13. The first-order valence-electron chi connectivity index (χ1n) is 5.82. The Balaban J connectivity index is 0.00000162. The number of amides is 1. The fraction of sp³-hybridized carbons (Fsp3) is 0.583. The van der Waals surface area contributed by atoms with Gasteiger partial charge in [-0.1, -0.05) is 0 Å². The van der Waals surface area contributed by atoms with Gasteiger partial charge in [0.2, 0.25) is 0 Å². The summed E-state index contributed by atoms with van der Waals surface area (Å²) in [5.74, 6) is 0.961. The average molecular weight is 275 g/mol. The first kappa shape index (κ1) is 15.0. The number of β-amino-alcohol motifs (C(OH)–C–C–N with tert-alkyl or cyclic N) is 1. The summed E-state index contributed by atoms with van der Waals surface area (Å²) >= 11 is 0. The second-order valence-electron chi connectivity index (χ2n) is 4.56. The lowest BCUT2D eigenvalue weighted by molar-refractivity contribution is 0.0897. The van der Waals surface area contributed by atoms with E-state index in [0.29, 0.717) is 18.8 Å². The minimum Gasteiger partial charge on any atom is -0.456 e. The van der Waals surface area contributed by atoms with Crippen molar-refractivity contribution in [3.8, 4) is 0 Å². The molecular formula is C12H19ClN2O3. The van der Waals surface area contributed by atoms with Crippen LogP contribution in [0.1, 0.15) is 21.9 Å². The number of hydrogen-bond donors (Lipinski definition) is 3. The zero-order chi connectivity index (χ0) is 12.4. The van der Waals surface area contributed by atoms with Crippen molar-refractivity contribution in [2.24, 2.45) is 5.92 Å². The van der Waals surface area contributed by atoms with Crippen molar-refractivity contribution in [2.45, 2.75) is 20.0 Å². The number of rotatable bonds is 3. The van der Waals surface area contributed by atoms with Crippen molar-refractivity contribution in [3.63, 3.8) is 0 Å². The van der Waals surface area contributed by atoms with Gasteiger partial charge < -0.3 is 20.2 Å². The Labute approximate surface area is 112 Å². The number of furan rings is 1. The minimum atomic E-state index is -0.380. The Bertz CT molecular complexity index is 419. The minimum absolute atomic E-state index is 0. The molecule has 1 saturated heterocycles. The maximum absolute atomic E-state index is 11.8. The van der Waals surface area contributed by atoms with Crippen LogP contribution < -0.4 is 10.6 Å². The molecule has 2 rings (SSSR count). The predicted octanol–water partition coefficient (Wildman–Crippen LogP) is 0.628. The highest BCUT2D eigenvalue weighted by Crippen LogP contribution is 2.14. The molecule has 0 aliphatic carbocycles. The van der Waals surface area contributed by atoms with E-state index in [4.69, 9.17) is 4.42 Å². The van der Waals surface area contributed by atoms with Crippen LogP contribution in [-0.4, -0.2) is 36.8 Å². The number of carbonyl (C=O) groups excluding carboxylic acids is 1. The van der Waals surface area contributed by atoms with E-state index in [0.717, 1.165) is 17.9 Å². The fourth-order valence-corrected chi connectivity index (χ4v) is 2.10. The Morgan fingerprint density at radius 2 is 2.28 bits per heavy atom. The molecule has 5 nitrogen and oxygen atoms in total. The molecule has 1 aliphatic rings. The Morgan fingerprint density at radius 3 is 2.78 bits per heavy atom. The third-order valence-corrected chi connectivity index (χ3v) is 3.08. The molecule has 0 spiro atoms. The summed E-state index contributed by atoms with van der Waals surface area (Å²) < 4.78 is 5.33. The van der Waals surface area contributed by atoms with Crippen LogP contribution in [-0.2, 0) is 0 Å². The van der Waals surface area contributed by atoms with E-state index in [1.165, 1.54) is 0 Å². The summed E-state index contributed by atoms with van der Waals surface area (Å²) in [5.41, 5.74) is 0.838. The van der Waals surface area contributed by atoms with Crippen LogP contribution in [0.5, 0.6) is 0 Å². The third kappa shape index (κ3) is 3.25. The molecule has 0 aromatic carbocycles. The van der Waals surface area contributed by atoms with Gasteiger partial charge in [0.15, 0.2) is 5.76 Å². The molecule has 2 heterocycles. The van der Waals surface area contributed by atoms with Gasteiger partial charge in [-0.05, 0) is 19.9 Å². The van der Waals surface area contributed by atoms with Crippen LogP contribution in [0.25, 0.3) is 0 Å². The summed E-state index contributed by atoms with van der Waals surface area (Å²) in [4.78, 5) is 11.8. The zero-order valence-corrected chi connectivity index (χ0v) is 11.3. The highest BCUT2D eigenvalue weighted by atomic mass is 35.5. The molecule has 2 unspecified atom stereocenters. The highest BCUT2D eigenvalue weighted by Gasteiger charge is 2.25. The maximum Gasteiger partial charge on any atom is 0.287 e. The van der Waals surface area contributed by atoms with Crippen LogP contribution in [0, 0.1) is 19.8 Å². The van der Waals surface area contributed by atoms with Crippen LogP contribution in [0.3, 0.4) is 0 Å². The molecule has 0 radical (unpaired) electrons. The van der Waals surface area contributed by atoms with E-state index in [9.17, 15) is 9.90 Å². The summed E-state index contributed by atoms with van der Waals surface area (Å²) in [5, 5.41) is 15.5. The molecule has 1 fully saturated rings. The average Bonchev–Trinajstić information content (AvgIpc) is 2.81. The molecule has 0 bridgehead atoms. The molecule has 102 valence electrons. The van der Waals surface area contributed by atoms with Crippen molar-refractivity contribution in [1.29, 1.82) is 0 Å². The van der Waals surface area contributed by atoms with Crippen LogP contribution in [0.15, 0.2) is 10.5 Å². The number of halogens is 1. The van der Waals surface area contributed by atoms with E-state index >= 15 is 0 Å². The summed E-state index contributed by atoms with van der Waals surface area (Å²) in [6.07, 6.45) is -0.380. The van der Waals surface area contributed by atoms with Gasteiger partial charge in [-0.2, -0.15) is 0 Å². The van der Waals surface area contributed by atoms with Crippen molar-refractivity contribution >= 4 is 18.3 Å². The van der Waals surface area contributed by atoms with E-state index in [1.807, 2.05) is 19.9 Å². The van der Waals surface area contributed by atoms with Crippen molar-refractivity contribution in [3.05, 3.63) is 23.2 Å². The van der Waals surface area contributed by atoms with Gasteiger partial charge in [0.25, 0.3) is 5.91 Å². The van der Waals surface area contributed by atoms with Crippen molar-refractivity contribution < 1.29 is 14.3 Å². The predicted molar refractivity (Wildman–Crippen MR) is 70.1 cm³/mol. The van der Waals surface area contributed by atoms with Gasteiger partial charge in [-0.25, -0.2) is 0 Å². The largest absolute Gasteiger partial charge is 0.456 e. The molecule has 18 heavy (non-hydrogen) atoms. The van der Waals surface area contributed by atoms with E-state index in [-0.39, 0.29) is 30.3 Å². The molecule has 1 aromatic rings. The summed E-state index contributed by atoms with van der Waals surface area (Å²) in [6.45, 7) is 5.45. The molecule has 1 aliphatic heterocycles. The van der Waals surface area contributed by atoms with Gasteiger partial charge in [0.05, 0.1) is 6.10 Å². The van der Waals surface area contributed by atoms with Crippen LogP contribution in [0.4, 0.5) is 0 Å². The van der Waals surface area contributed by atoms with Gasteiger partial charge >= 0.3 is 0 Å². The van der Waals surface area contributed by atoms with Gasteiger partial charge in [0.1, 0.15) is 5.76 Å². The first-order chi connectivity index (χ1) is 8.08. The molecule has 1 aromatic heterocycles. The second-order valence-corrected chi connectivity index (χ2v) is 4.56. The zero-order valence-electron chi connectivity index (χ0n) is 10.5. The van der Waals surface area contributed by atoms with E-state index in [1.54, 1.807) is 0 Å². The Kier molecular flexibility index (Phi) is 5.19. The lowest BCUT2D eigenvalue weighted by atomic mass is 10.1. The third-order valence-electron chi connectivity index (χ3n) is 3.08. The Morgan fingerprint density at radius 1 is 1.56 bits per heavy atom. The SMILES string of the molecule is Cc1cc(C)c(C(=O)NCC2CNCC2O)o1.Cl. The molecule has 0 saturated carbocycles. The number of carbonyl (C=O) groups is 1. The molecule has 6 heteroatoms. The summed E-state index contributed by atoms with van der Waals surface area (Å²) in [6, 6.07) is 1.83. The Hall–Kier alpha value is -1.04. The van der Waals surface area contributed by atoms with Gasteiger partial charge in [0, 0.05) is 31.1 Å². The quantitative estimate of drug-likeness (QED) is 0.756. The van der Waals surface area contributed by atoms with E-state index in [2.05, 4.69) is 10.6 Å². The summed E-state index contributed by atoms with van der Waals surface area (Å²) in [7, 11) is 0. The molecular weight excluding hydrogens is 256 g/mol. The smallest absolute Gasteiger partial charge is 0.287 e. The molecule has 1 amide bonds. The van der Waals surface area contributed by atoms with Gasteiger partial charge in [-0.3, -0.25) is 4.79 Å². The molecule has 2 atom stereocenters. The lowest BCUT2D eigenvalue weighted by Crippen LogP contribution is -2.34. The maximum atomic E-state index is 11.8. The number of hydrogen-bond acceptors (Lipinski definition) is 4. The number of aryl methyl sites for hydroxylation is 2. The normalized spacial score (nSPS) is 22.6. The topological polar surface area (TPSA) is 74.5 Å². The number of nitrogens with one attached hydrogen (secondary N) is 2. The standard InChI is InChI=1S/C12H18N2O3.ClH/c1-7-3-8(2)17-11(7)12(16)14-5-9-4-13-6-10(9)15;/h3,9-10,13,15H,4-6H2,1-2H3,(H,14,16);1H.